The molecule has 0 amide bonds. The number of non-ortho nitro benzene ring substituents is 1. The van der Waals surface area contributed by atoms with Gasteiger partial charge in [0.25, 0.3) is 5.69 Å². The molecule has 2 aromatic carbocycles. The summed E-state index contributed by atoms with van der Waals surface area (Å²) < 4.78 is 10.7. The van der Waals surface area contributed by atoms with Crippen molar-refractivity contribution in [2.24, 2.45) is 4.99 Å². The van der Waals surface area contributed by atoms with Gasteiger partial charge in [0.15, 0.2) is 11.5 Å². The summed E-state index contributed by atoms with van der Waals surface area (Å²) in [6.07, 6.45) is 1.35. The number of rotatable bonds is 3. The predicted molar refractivity (Wildman–Crippen MR) is 82.3 cm³/mol. The Kier molecular flexibility index (Phi) is 3.68. The van der Waals surface area contributed by atoms with E-state index in [9.17, 15) is 15.2 Å². The summed E-state index contributed by atoms with van der Waals surface area (Å²) in [7, 11) is 0. The molecule has 0 saturated heterocycles. The Morgan fingerprint density at radius 3 is 2.82 bits per heavy atom. The van der Waals surface area contributed by atoms with E-state index in [4.69, 9.17) is 9.47 Å². The van der Waals surface area contributed by atoms with Gasteiger partial charge in [-0.1, -0.05) is 0 Å². The molecule has 0 aromatic heterocycles. The molecule has 0 fully saturated rings. The normalized spacial score (nSPS) is 12.8. The number of halogens is 1. The molecule has 3 rings (SSSR count). The van der Waals surface area contributed by atoms with Gasteiger partial charge in [-0.15, -0.1) is 0 Å². The number of fused-ring (bicyclic) bond motifs is 1. The Balaban J connectivity index is 1.93. The number of nitrogens with zero attached hydrogens (tertiary/aromatic N) is 2. The molecule has 2 aromatic rings. The molecular formula is C14H9BrN2O5. The second-order valence-corrected chi connectivity index (χ2v) is 5.27. The van der Waals surface area contributed by atoms with Gasteiger partial charge in [0.2, 0.25) is 6.79 Å². The molecule has 8 heteroatoms. The summed E-state index contributed by atoms with van der Waals surface area (Å²) in [6, 6.07) is 7.60. The van der Waals surface area contributed by atoms with Gasteiger partial charge in [-0.3, -0.25) is 15.1 Å². The summed E-state index contributed by atoms with van der Waals surface area (Å²) in [5.41, 5.74) is 0.668. The number of hydrogen-bond donors (Lipinski definition) is 1. The molecule has 1 aliphatic rings. The highest BCUT2D eigenvalue weighted by Gasteiger charge is 2.15. The van der Waals surface area contributed by atoms with Crippen LogP contribution in [0.2, 0.25) is 0 Å². The summed E-state index contributed by atoms with van der Waals surface area (Å²) in [4.78, 5) is 14.5. The number of phenols is 1. The minimum absolute atomic E-state index is 0.116. The van der Waals surface area contributed by atoms with E-state index in [1.54, 1.807) is 18.2 Å². The molecule has 0 unspecified atom stereocenters. The number of aliphatic imine (C=N–C) groups is 1. The van der Waals surface area contributed by atoms with Crippen LogP contribution in [0.1, 0.15) is 5.56 Å². The highest BCUT2D eigenvalue weighted by Crippen LogP contribution is 2.36. The maximum Gasteiger partial charge on any atom is 0.271 e. The van der Waals surface area contributed by atoms with E-state index in [-0.39, 0.29) is 28.3 Å². The number of benzene rings is 2. The number of ether oxygens (including phenoxy) is 2. The van der Waals surface area contributed by atoms with Gasteiger partial charge in [-0.2, -0.15) is 0 Å². The Labute approximate surface area is 133 Å². The number of nitro groups is 1. The fraction of sp³-hybridized carbons (Fsp3) is 0.0714. The molecule has 1 aliphatic heterocycles. The molecule has 0 spiro atoms. The second-order valence-electron chi connectivity index (χ2n) is 4.42. The van der Waals surface area contributed by atoms with E-state index in [1.165, 1.54) is 18.3 Å². The summed E-state index contributed by atoms with van der Waals surface area (Å²) in [6.45, 7) is 0.168. The standard InChI is InChI=1S/C14H9BrN2O5/c15-11-5-10(17(19)20)3-8(14(11)18)6-16-9-1-2-12-13(4-9)22-7-21-12/h1-6,18H,7H2. The smallest absolute Gasteiger partial charge is 0.271 e. The molecule has 112 valence electrons. The average molecular weight is 365 g/mol. The zero-order valence-electron chi connectivity index (χ0n) is 11.0. The van der Waals surface area contributed by atoms with E-state index < -0.39 is 4.92 Å². The van der Waals surface area contributed by atoms with Crippen LogP contribution in [-0.2, 0) is 0 Å². The van der Waals surface area contributed by atoms with Crippen LogP contribution in [0.5, 0.6) is 17.2 Å². The van der Waals surface area contributed by atoms with E-state index in [2.05, 4.69) is 20.9 Å². The highest BCUT2D eigenvalue weighted by atomic mass is 79.9. The lowest BCUT2D eigenvalue weighted by Gasteiger charge is -2.02. The van der Waals surface area contributed by atoms with Crippen molar-refractivity contribution in [1.82, 2.24) is 0 Å². The lowest BCUT2D eigenvalue weighted by Crippen LogP contribution is -1.92. The third kappa shape index (κ3) is 2.73. The van der Waals surface area contributed by atoms with Gasteiger partial charge in [0, 0.05) is 30.0 Å². The minimum Gasteiger partial charge on any atom is -0.506 e. The fourth-order valence-electron chi connectivity index (χ4n) is 1.92. The lowest BCUT2D eigenvalue weighted by molar-refractivity contribution is -0.385. The molecule has 0 bridgehead atoms. The van der Waals surface area contributed by atoms with Crippen LogP contribution in [0, 0.1) is 10.1 Å². The fourth-order valence-corrected chi connectivity index (χ4v) is 2.38. The molecule has 1 heterocycles. The van der Waals surface area contributed by atoms with Crippen molar-refractivity contribution in [3.63, 3.8) is 0 Å². The minimum atomic E-state index is -0.540. The van der Waals surface area contributed by atoms with Gasteiger partial charge in [0.05, 0.1) is 15.1 Å². The molecule has 1 N–H and O–H groups in total. The molecule has 0 saturated carbocycles. The van der Waals surface area contributed by atoms with Gasteiger partial charge in [-0.25, -0.2) is 0 Å². The van der Waals surface area contributed by atoms with Gasteiger partial charge in [-0.05, 0) is 28.1 Å². The number of aromatic hydroxyl groups is 1. The van der Waals surface area contributed by atoms with Gasteiger partial charge >= 0.3 is 0 Å². The Bertz CT molecular complexity index is 791. The van der Waals surface area contributed by atoms with Crippen molar-refractivity contribution in [3.8, 4) is 17.2 Å². The second kappa shape index (κ2) is 5.64. The largest absolute Gasteiger partial charge is 0.506 e. The van der Waals surface area contributed by atoms with Crippen molar-refractivity contribution >= 4 is 33.5 Å². The van der Waals surface area contributed by atoms with Gasteiger partial charge in [0.1, 0.15) is 5.75 Å². The van der Waals surface area contributed by atoms with Crippen LogP contribution >= 0.6 is 15.9 Å². The number of phenolic OH excluding ortho intramolecular Hbond substituents is 1. The Hall–Kier alpha value is -2.61. The van der Waals surface area contributed by atoms with Crippen molar-refractivity contribution in [1.29, 1.82) is 0 Å². The third-order valence-corrected chi connectivity index (χ3v) is 3.60. The Morgan fingerprint density at radius 2 is 2.05 bits per heavy atom. The van der Waals surface area contributed by atoms with Crippen LogP contribution in [0.15, 0.2) is 39.8 Å². The first-order valence-electron chi connectivity index (χ1n) is 6.15. The SMILES string of the molecule is O=[N+]([O-])c1cc(Br)c(O)c(C=Nc2ccc3c(c2)OCO3)c1. The van der Waals surface area contributed by atoms with Crippen LogP contribution < -0.4 is 9.47 Å². The zero-order valence-corrected chi connectivity index (χ0v) is 12.6. The van der Waals surface area contributed by atoms with Crippen molar-refractivity contribution in [2.75, 3.05) is 6.79 Å². The first kappa shape index (κ1) is 14.3. The monoisotopic (exact) mass is 364 g/mol. The maximum atomic E-state index is 10.8. The van der Waals surface area contributed by atoms with Crippen molar-refractivity contribution in [2.45, 2.75) is 0 Å². The molecule has 22 heavy (non-hydrogen) atoms. The number of nitro benzene ring substituents is 1. The summed E-state index contributed by atoms with van der Waals surface area (Å²) in [5.74, 6) is 1.11. The molecular weight excluding hydrogens is 356 g/mol. The first-order valence-corrected chi connectivity index (χ1v) is 6.94. The van der Waals surface area contributed by atoms with Crippen molar-refractivity contribution in [3.05, 3.63) is 50.5 Å². The first-order chi connectivity index (χ1) is 10.5. The topological polar surface area (TPSA) is 94.2 Å². The van der Waals surface area contributed by atoms with E-state index in [1.807, 2.05) is 0 Å². The zero-order chi connectivity index (χ0) is 15.7. The lowest BCUT2D eigenvalue weighted by atomic mass is 10.2. The van der Waals surface area contributed by atoms with E-state index in [0.717, 1.165) is 0 Å². The average Bonchev–Trinajstić information content (AvgIpc) is 2.95. The number of hydrogen-bond acceptors (Lipinski definition) is 6. The highest BCUT2D eigenvalue weighted by molar-refractivity contribution is 9.10. The van der Waals surface area contributed by atoms with Crippen LogP contribution in [0.4, 0.5) is 11.4 Å². The molecule has 0 aliphatic carbocycles. The summed E-state index contributed by atoms with van der Waals surface area (Å²) >= 11 is 3.08. The van der Waals surface area contributed by atoms with E-state index >= 15 is 0 Å². The maximum absolute atomic E-state index is 10.8. The Morgan fingerprint density at radius 1 is 1.27 bits per heavy atom. The van der Waals surface area contributed by atoms with Crippen LogP contribution in [0.3, 0.4) is 0 Å². The molecule has 7 nitrogen and oxygen atoms in total. The van der Waals surface area contributed by atoms with Crippen LogP contribution in [0.25, 0.3) is 0 Å². The van der Waals surface area contributed by atoms with Gasteiger partial charge < -0.3 is 14.6 Å². The summed E-state index contributed by atoms with van der Waals surface area (Å²) in [5, 5.41) is 20.8. The predicted octanol–water partition coefficient (Wildman–Crippen LogP) is 3.54. The molecule has 0 atom stereocenters. The van der Waals surface area contributed by atoms with E-state index in [0.29, 0.717) is 17.2 Å². The quantitative estimate of drug-likeness (QED) is 0.510. The molecule has 0 radical (unpaired) electrons. The van der Waals surface area contributed by atoms with Crippen molar-refractivity contribution < 1.29 is 19.5 Å². The third-order valence-electron chi connectivity index (χ3n) is 3.00. The van der Waals surface area contributed by atoms with Crippen LogP contribution in [-0.4, -0.2) is 23.0 Å².